The zero-order valence-corrected chi connectivity index (χ0v) is 21.2. The lowest BCUT2D eigenvalue weighted by Crippen LogP contribution is -2.36. The Morgan fingerprint density at radius 2 is 1.62 bits per heavy atom. The second-order valence-electron chi connectivity index (χ2n) is 8.24. The minimum Gasteiger partial charge on any atom is -0.461 e. The highest BCUT2D eigenvalue weighted by Gasteiger charge is 2.25. The molecular formula is C21H26N4O4S3. The second kappa shape index (κ2) is 10.1. The summed E-state index contributed by atoms with van der Waals surface area (Å²) in [6, 6.07) is -0.269. The van der Waals surface area contributed by atoms with Crippen molar-refractivity contribution in [2.45, 2.75) is 53.2 Å². The molecular weight excluding hydrogens is 468 g/mol. The fourth-order valence-corrected chi connectivity index (χ4v) is 5.34. The van der Waals surface area contributed by atoms with E-state index in [9.17, 15) is 9.59 Å². The molecule has 11 heteroatoms. The summed E-state index contributed by atoms with van der Waals surface area (Å²) in [5, 5.41) is 10.6. The van der Waals surface area contributed by atoms with Crippen LogP contribution in [0.2, 0.25) is 0 Å². The highest BCUT2D eigenvalue weighted by atomic mass is 32.1. The summed E-state index contributed by atoms with van der Waals surface area (Å²) in [6.07, 6.45) is -0.467. The predicted molar refractivity (Wildman–Crippen MR) is 127 cm³/mol. The van der Waals surface area contributed by atoms with Gasteiger partial charge in [-0.25, -0.2) is 24.5 Å². The first-order valence-corrected chi connectivity index (χ1v) is 12.7. The zero-order chi connectivity index (χ0) is 23.5. The molecule has 8 nitrogen and oxygen atoms in total. The van der Waals surface area contributed by atoms with Gasteiger partial charge in [-0.05, 0) is 33.6 Å². The molecule has 0 aromatic carbocycles. The minimum atomic E-state index is -0.570. The number of alkyl carbamates (subject to hydrolysis) is 1. The summed E-state index contributed by atoms with van der Waals surface area (Å²) in [7, 11) is 0. The van der Waals surface area contributed by atoms with E-state index >= 15 is 0 Å². The lowest BCUT2D eigenvalue weighted by atomic mass is 10.1. The Morgan fingerprint density at radius 3 is 2.28 bits per heavy atom. The topological polar surface area (TPSA) is 103 Å². The van der Waals surface area contributed by atoms with E-state index in [0.29, 0.717) is 17.3 Å². The van der Waals surface area contributed by atoms with Crippen LogP contribution in [0.3, 0.4) is 0 Å². The number of carbonyl (C=O) groups is 2. The van der Waals surface area contributed by atoms with Crippen LogP contribution in [0.15, 0.2) is 16.1 Å². The quantitative estimate of drug-likeness (QED) is 0.415. The van der Waals surface area contributed by atoms with Crippen LogP contribution < -0.4 is 5.32 Å². The van der Waals surface area contributed by atoms with E-state index in [4.69, 9.17) is 14.5 Å². The number of rotatable bonds is 7. The molecule has 0 fully saturated rings. The van der Waals surface area contributed by atoms with E-state index in [1.54, 1.807) is 12.3 Å². The molecule has 1 atom stereocenters. The summed E-state index contributed by atoms with van der Waals surface area (Å²) in [5.41, 5.74) is 1.14. The number of nitrogens with zero attached hydrogens (tertiary/aromatic N) is 3. The molecule has 1 N–H and O–H groups in total. The predicted octanol–water partition coefficient (Wildman–Crippen LogP) is 5.79. The highest BCUT2D eigenvalue weighted by Crippen LogP contribution is 2.33. The maximum absolute atomic E-state index is 12.3. The number of esters is 1. The van der Waals surface area contributed by atoms with Crippen molar-refractivity contribution in [3.05, 3.63) is 26.8 Å². The fraction of sp³-hybridized carbons (Fsp3) is 0.476. The molecule has 172 valence electrons. The van der Waals surface area contributed by atoms with Crippen molar-refractivity contribution in [3.63, 3.8) is 0 Å². The van der Waals surface area contributed by atoms with Gasteiger partial charge in [0.25, 0.3) is 0 Å². The molecule has 0 bridgehead atoms. The van der Waals surface area contributed by atoms with Crippen molar-refractivity contribution in [3.8, 4) is 21.4 Å². The summed E-state index contributed by atoms with van der Waals surface area (Å²) in [4.78, 5) is 37.8. The second-order valence-corrected chi connectivity index (χ2v) is 10.8. The van der Waals surface area contributed by atoms with E-state index in [1.165, 1.54) is 34.0 Å². The molecule has 0 saturated heterocycles. The van der Waals surface area contributed by atoms with Gasteiger partial charge >= 0.3 is 12.1 Å². The number of ether oxygens (including phenoxy) is 2. The van der Waals surface area contributed by atoms with Crippen LogP contribution in [-0.2, 0) is 9.47 Å². The van der Waals surface area contributed by atoms with Crippen LogP contribution in [0.1, 0.15) is 63.1 Å². The molecule has 0 aliphatic heterocycles. The monoisotopic (exact) mass is 494 g/mol. The van der Waals surface area contributed by atoms with Gasteiger partial charge in [0, 0.05) is 16.1 Å². The van der Waals surface area contributed by atoms with Gasteiger partial charge in [-0.2, -0.15) is 0 Å². The number of carbonyl (C=O) groups excluding carboxylic acids is 2. The largest absolute Gasteiger partial charge is 0.461 e. The Balaban J connectivity index is 1.76. The molecule has 0 aliphatic rings. The summed E-state index contributed by atoms with van der Waals surface area (Å²) >= 11 is 4.27. The van der Waals surface area contributed by atoms with E-state index in [2.05, 4.69) is 15.3 Å². The van der Waals surface area contributed by atoms with Crippen LogP contribution >= 0.6 is 34.0 Å². The molecule has 0 spiro atoms. The zero-order valence-electron chi connectivity index (χ0n) is 18.8. The van der Waals surface area contributed by atoms with Gasteiger partial charge in [-0.1, -0.05) is 13.8 Å². The van der Waals surface area contributed by atoms with Crippen molar-refractivity contribution in [2.24, 2.45) is 5.92 Å². The van der Waals surface area contributed by atoms with Crippen molar-refractivity contribution >= 4 is 46.1 Å². The van der Waals surface area contributed by atoms with E-state index < -0.39 is 17.7 Å². The number of hydrogen-bond acceptors (Lipinski definition) is 10. The normalized spacial score (nSPS) is 12.6. The molecule has 3 aromatic rings. The van der Waals surface area contributed by atoms with Crippen LogP contribution in [0.25, 0.3) is 21.4 Å². The molecule has 0 radical (unpaired) electrons. The number of nitrogens with one attached hydrogen (secondary N) is 1. The number of hydrogen-bond donors (Lipinski definition) is 1. The molecule has 1 amide bonds. The first-order valence-electron chi connectivity index (χ1n) is 10.1. The third-order valence-corrected chi connectivity index (χ3v) is 6.72. The summed E-state index contributed by atoms with van der Waals surface area (Å²) in [6.45, 7) is 11.6. The molecule has 3 heterocycles. The van der Waals surface area contributed by atoms with E-state index in [-0.39, 0.29) is 17.7 Å². The average molecular weight is 495 g/mol. The first kappa shape index (κ1) is 24.3. The van der Waals surface area contributed by atoms with Crippen molar-refractivity contribution in [1.29, 1.82) is 0 Å². The first-order chi connectivity index (χ1) is 15.1. The average Bonchev–Trinajstić information content (AvgIpc) is 3.44. The lowest BCUT2D eigenvalue weighted by molar-refractivity contribution is 0.0486. The van der Waals surface area contributed by atoms with Gasteiger partial charge in [0.15, 0.2) is 5.69 Å². The third kappa shape index (κ3) is 6.11. The maximum Gasteiger partial charge on any atom is 0.408 e. The molecule has 3 aromatic heterocycles. The van der Waals surface area contributed by atoms with E-state index in [0.717, 1.165) is 15.7 Å². The van der Waals surface area contributed by atoms with Gasteiger partial charge in [-0.15, -0.1) is 34.0 Å². The molecule has 3 rings (SSSR count). The van der Waals surface area contributed by atoms with Crippen LogP contribution in [0.4, 0.5) is 4.79 Å². The Labute approximate surface area is 199 Å². The highest BCUT2D eigenvalue weighted by molar-refractivity contribution is 7.16. The lowest BCUT2D eigenvalue weighted by Gasteiger charge is -2.24. The van der Waals surface area contributed by atoms with Crippen LogP contribution in [-0.4, -0.2) is 39.2 Å². The summed E-state index contributed by atoms with van der Waals surface area (Å²) in [5.74, 6) is -0.309. The molecule has 0 aliphatic carbocycles. The smallest absolute Gasteiger partial charge is 0.408 e. The van der Waals surface area contributed by atoms with E-state index in [1.807, 2.05) is 45.4 Å². The Bertz CT molecular complexity index is 1080. The summed E-state index contributed by atoms with van der Waals surface area (Å²) < 4.78 is 10.4. The third-order valence-electron chi connectivity index (χ3n) is 4.06. The number of thiazole rings is 3. The number of amides is 1. The maximum atomic E-state index is 12.3. The Hall–Kier alpha value is -2.37. The standard InChI is InChI=1S/C21H26N4O4S3/c1-7-28-19(26)14-10-31-17(24-14)12-8-30-16(22-12)13-9-32-18(23-13)15(11(2)3)25-20(27)29-21(4,5)6/h8-11,15H,7H2,1-6H3,(H,25,27)/t15-/m1/s1. The van der Waals surface area contributed by atoms with Gasteiger partial charge in [0.1, 0.15) is 32.0 Å². The van der Waals surface area contributed by atoms with Crippen LogP contribution in [0, 0.1) is 5.92 Å². The van der Waals surface area contributed by atoms with Crippen molar-refractivity contribution in [2.75, 3.05) is 6.61 Å². The number of aromatic nitrogens is 3. The SMILES string of the molecule is CCOC(=O)c1csc(-c2csc(-c3csc([C@H](NC(=O)OC(C)(C)C)C(C)C)n3)n2)n1. The van der Waals surface area contributed by atoms with Crippen LogP contribution in [0.5, 0.6) is 0 Å². The Morgan fingerprint density at radius 1 is 1.00 bits per heavy atom. The molecule has 32 heavy (non-hydrogen) atoms. The van der Waals surface area contributed by atoms with Crippen molar-refractivity contribution in [1.82, 2.24) is 20.3 Å². The molecule has 0 saturated carbocycles. The fourth-order valence-electron chi connectivity index (χ4n) is 2.66. The minimum absolute atomic E-state index is 0.130. The van der Waals surface area contributed by atoms with Crippen molar-refractivity contribution < 1.29 is 19.1 Å². The molecule has 0 unspecified atom stereocenters. The van der Waals surface area contributed by atoms with Gasteiger partial charge in [-0.3, -0.25) is 0 Å². The van der Waals surface area contributed by atoms with Gasteiger partial charge in [0.05, 0.1) is 12.6 Å². The Kier molecular flexibility index (Phi) is 7.63. The van der Waals surface area contributed by atoms with Gasteiger partial charge in [0.2, 0.25) is 0 Å². The van der Waals surface area contributed by atoms with Gasteiger partial charge < -0.3 is 14.8 Å².